The summed E-state index contributed by atoms with van der Waals surface area (Å²) in [4.78, 5) is 12.2. The number of benzene rings is 2. The van der Waals surface area contributed by atoms with Gasteiger partial charge in [0, 0.05) is 12.1 Å². The van der Waals surface area contributed by atoms with Gasteiger partial charge in [-0.25, -0.2) is 4.68 Å². The number of carbonyl (C=O) groups excluding carboxylic acids is 1. The average Bonchev–Trinajstić information content (AvgIpc) is 3.22. The summed E-state index contributed by atoms with van der Waals surface area (Å²) in [5, 5.41) is 13.9. The average molecular weight is 367 g/mol. The molecule has 3 aromatic rings. The number of ether oxygens (including phenoxy) is 2. The van der Waals surface area contributed by atoms with Gasteiger partial charge in [-0.05, 0) is 54.1 Å². The van der Waals surface area contributed by atoms with Crippen LogP contribution in [0.5, 0.6) is 11.5 Å². The minimum absolute atomic E-state index is 0.0782. The first kappa shape index (κ1) is 18.4. The van der Waals surface area contributed by atoms with Crippen LogP contribution in [0.3, 0.4) is 0 Å². The normalized spacial score (nSPS) is 10.4. The molecule has 1 heterocycles. The number of tetrazole rings is 1. The number of nitrogens with one attached hydrogen (secondary N) is 1. The molecule has 2 aromatic carbocycles. The Morgan fingerprint density at radius 3 is 2.67 bits per heavy atom. The molecule has 0 spiro atoms. The highest BCUT2D eigenvalue weighted by Gasteiger charge is 2.06. The fourth-order valence-electron chi connectivity index (χ4n) is 2.49. The van der Waals surface area contributed by atoms with Crippen molar-refractivity contribution >= 4 is 11.6 Å². The van der Waals surface area contributed by atoms with Crippen LogP contribution in [0, 0.1) is 0 Å². The molecule has 0 saturated carbocycles. The Labute approximate surface area is 157 Å². The lowest BCUT2D eigenvalue weighted by atomic mass is 10.2. The third-order valence-electron chi connectivity index (χ3n) is 3.70. The predicted molar refractivity (Wildman–Crippen MR) is 100 cm³/mol. The maximum Gasteiger partial charge on any atom is 0.224 e. The highest BCUT2D eigenvalue weighted by atomic mass is 16.5. The second-order valence-electron chi connectivity index (χ2n) is 5.68. The molecule has 1 amide bonds. The van der Waals surface area contributed by atoms with E-state index < -0.39 is 0 Å². The molecule has 0 aliphatic carbocycles. The minimum atomic E-state index is -0.0782. The lowest BCUT2D eigenvalue weighted by molar-refractivity contribution is -0.116. The number of hydrogen-bond donors (Lipinski definition) is 1. The van der Waals surface area contributed by atoms with Crippen molar-refractivity contribution in [3.05, 3.63) is 54.9 Å². The maximum atomic E-state index is 12.2. The van der Waals surface area contributed by atoms with Gasteiger partial charge in [-0.3, -0.25) is 4.79 Å². The van der Waals surface area contributed by atoms with Gasteiger partial charge >= 0.3 is 0 Å². The summed E-state index contributed by atoms with van der Waals surface area (Å²) < 4.78 is 12.8. The zero-order valence-electron chi connectivity index (χ0n) is 15.0. The van der Waals surface area contributed by atoms with Gasteiger partial charge in [-0.15, -0.1) is 5.10 Å². The van der Waals surface area contributed by atoms with E-state index >= 15 is 0 Å². The summed E-state index contributed by atoms with van der Waals surface area (Å²) >= 11 is 0. The quantitative estimate of drug-likeness (QED) is 0.585. The molecule has 0 aliphatic heterocycles. The maximum absolute atomic E-state index is 12.2. The van der Waals surface area contributed by atoms with Crippen molar-refractivity contribution in [1.82, 2.24) is 20.2 Å². The van der Waals surface area contributed by atoms with E-state index in [1.165, 1.54) is 11.0 Å². The molecular formula is C19H21N5O3. The summed E-state index contributed by atoms with van der Waals surface area (Å²) in [6.45, 7) is 2.93. The fraction of sp³-hybridized carbons (Fsp3) is 0.263. The van der Waals surface area contributed by atoms with Gasteiger partial charge in [0.1, 0.15) is 6.33 Å². The molecule has 140 valence electrons. The summed E-state index contributed by atoms with van der Waals surface area (Å²) in [5.74, 6) is 1.32. The first-order valence-electron chi connectivity index (χ1n) is 8.74. The smallest absolute Gasteiger partial charge is 0.224 e. The Morgan fingerprint density at radius 2 is 1.93 bits per heavy atom. The number of hydrogen-bond acceptors (Lipinski definition) is 6. The molecule has 0 radical (unpaired) electrons. The number of amides is 1. The van der Waals surface area contributed by atoms with Crippen LogP contribution in [0.4, 0.5) is 5.69 Å². The van der Waals surface area contributed by atoms with E-state index in [-0.39, 0.29) is 5.91 Å². The molecule has 1 N–H and O–H groups in total. The zero-order chi connectivity index (χ0) is 18.9. The van der Waals surface area contributed by atoms with Gasteiger partial charge in [0.2, 0.25) is 5.91 Å². The van der Waals surface area contributed by atoms with E-state index in [1.54, 1.807) is 0 Å². The molecule has 0 atom stereocenters. The fourth-order valence-corrected chi connectivity index (χ4v) is 2.49. The Bertz CT molecular complexity index is 867. The molecule has 0 bridgehead atoms. The van der Waals surface area contributed by atoms with Crippen molar-refractivity contribution in [2.24, 2.45) is 0 Å². The summed E-state index contributed by atoms with van der Waals surface area (Å²) in [5.41, 5.74) is 1.46. The first-order valence-corrected chi connectivity index (χ1v) is 8.74. The molecule has 1 aromatic heterocycles. The van der Waals surface area contributed by atoms with E-state index in [4.69, 9.17) is 9.47 Å². The third-order valence-corrected chi connectivity index (χ3v) is 3.70. The lowest BCUT2D eigenvalue weighted by Gasteiger charge is -2.11. The molecule has 0 aliphatic rings. The van der Waals surface area contributed by atoms with E-state index in [0.717, 1.165) is 5.69 Å². The van der Waals surface area contributed by atoms with Crippen LogP contribution in [0.15, 0.2) is 54.9 Å². The van der Waals surface area contributed by atoms with E-state index in [0.29, 0.717) is 43.2 Å². The Balaban J connectivity index is 1.46. The lowest BCUT2D eigenvalue weighted by Crippen LogP contribution is -2.13. The van der Waals surface area contributed by atoms with Crippen LogP contribution in [-0.4, -0.2) is 39.3 Å². The predicted octanol–water partition coefficient (Wildman–Crippen LogP) is 2.86. The minimum Gasteiger partial charge on any atom is -0.490 e. The Kier molecular flexibility index (Phi) is 6.35. The molecule has 0 unspecified atom stereocenters. The van der Waals surface area contributed by atoms with Crippen LogP contribution in [-0.2, 0) is 4.79 Å². The van der Waals surface area contributed by atoms with E-state index in [9.17, 15) is 4.79 Å². The second-order valence-corrected chi connectivity index (χ2v) is 5.68. The van der Waals surface area contributed by atoms with Crippen LogP contribution in [0.25, 0.3) is 5.69 Å². The van der Waals surface area contributed by atoms with Crippen LogP contribution < -0.4 is 14.8 Å². The van der Waals surface area contributed by atoms with Gasteiger partial charge in [0.05, 0.1) is 18.9 Å². The molecule has 8 nitrogen and oxygen atoms in total. The van der Waals surface area contributed by atoms with Crippen LogP contribution in [0.1, 0.15) is 19.8 Å². The highest BCUT2D eigenvalue weighted by Crippen LogP contribution is 2.26. The topological polar surface area (TPSA) is 91.2 Å². The number of para-hydroxylation sites is 2. The number of aromatic nitrogens is 4. The Morgan fingerprint density at radius 1 is 1.11 bits per heavy atom. The standard InChI is InChI=1S/C19H21N5O3/c1-2-26-17-9-3-4-10-18(17)27-12-6-11-19(25)21-15-7-5-8-16(13-15)24-14-20-22-23-24/h3-5,7-10,13-14H,2,6,11-12H2,1H3,(H,21,25). The summed E-state index contributed by atoms with van der Waals surface area (Å²) in [7, 11) is 0. The SMILES string of the molecule is CCOc1ccccc1OCCCC(=O)Nc1cccc(-n2cnnn2)c1. The van der Waals surface area contributed by atoms with Crippen molar-refractivity contribution in [3.63, 3.8) is 0 Å². The number of carbonyl (C=O) groups is 1. The second kappa shape index (κ2) is 9.33. The van der Waals surface area contributed by atoms with Crippen molar-refractivity contribution < 1.29 is 14.3 Å². The monoisotopic (exact) mass is 367 g/mol. The number of rotatable bonds is 9. The van der Waals surface area contributed by atoms with E-state index in [1.807, 2.05) is 55.5 Å². The van der Waals surface area contributed by atoms with Crippen molar-refractivity contribution in [1.29, 1.82) is 0 Å². The molecule has 3 rings (SSSR count). The third kappa shape index (κ3) is 5.27. The Hall–Kier alpha value is -3.42. The molecule has 0 saturated heterocycles. The highest BCUT2D eigenvalue weighted by molar-refractivity contribution is 5.90. The van der Waals surface area contributed by atoms with Gasteiger partial charge in [-0.2, -0.15) is 0 Å². The molecular weight excluding hydrogens is 346 g/mol. The largest absolute Gasteiger partial charge is 0.490 e. The molecule has 27 heavy (non-hydrogen) atoms. The van der Waals surface area contributed by atoms with Gasteiger partial charge < -0.3 is 14.8 Å². The molecule has 0 fully saturated rings. The van der Waals surface area contributed by atoms with Crippen molar-refractivity contribution in [2.75, 3.05) is 18.5 Å². The number of nitrogens with zero attached hydrogens (tertiary/aromatic N) is 4. The van der Waals surface area contributed by atoms with Gasteiger partial charge in [0.15, 0.2) is 11.5 Å². The van der Waals surface area contributed by atoms with Gasteiger partial charge in [0.25, 0.3) is 0 Å². The molecule has 8 heteroatoms. The van der Waals surface area contributed by atoms with E-state index in [2.05, 4.69) is 20.8 Å². The van der Waals surface area contributed by atoms with Gasteiger partial charge in [-0.1, -0.05) is 18.2 Å². The van der Waals surface area contributed by atoms with Crippen LogP contribution >= 0.6 is 0 Å². The summed E-state index contributed by atoms with van der Waals surface area (Å²) in [6, 6.07) is 14.8. The van der Waals surface area contributed by atoms with Crippen LogP contribution in [0.2, 0.25) is 0 Å². The number of anilines is 1. The van der Waals surface area contributed by atoms with Crippen molar-refractivity contribution in [3.8, 4) is 17.2 Å². The zero-order valence-corrected chi connectivity index (χ0v) is 15.0. The van der Waals surface area contributed by atoms with Crippen molar-refractivity contribution in [2.45, 2.75) is 19.8 Å². The first-order chi connectivity index (χ1) is 13.3. The summed E-state index contributed by atoms with van der Waals surface area (Å²) in [6.07, 6.45) is 2.45.